The number of hydrogen-bond acceptors (Lipinski definition) is 4. The van der Waals surface area contributed by atoms with Gasteiger partial charge >= 0.3 is 0 Å². The second-order valence-electron chi connectivity index (χ2n) is 7.43. The Hall–Kier alpha value is -4.19. The molecule has 33 heavy (non-hydrogen) atoms. The summed E-state index contributed by atoms with van der Waals surface area (Å²) >= 11 is 0. The molecule has 0 atom stereocenters. The summed E-state index contributed by atoms with van der Waals surface area (Å²) in [7, 11) is 1.64. The lowest BCUT2D eigenvalue weighted by molar-refractivity contribution is -0.116. The van der Waals surface area contributed by atoms with E-state index in [0.29, 0.717) is 12.5 Å². The maximum Gasteiger partial charge on any atom is 0.234 e. The van der Waals surface area contributed by atoms with Gasteiger partial charge in [0.05, 0.1) is 13.3 Å². The van der Waals surface area contributed by atoms with Crippen LogP contribution >= 0.6 is 0 Å². The van der Waals surface area contributed by atoms with E-state index in [0.717, 1.165) is 33.8 Å². The predicted octanol–water partition coefficient (Wildman–Crippen LogP) is 5.48. The van der Waals surface area contributed by atoms with Crippen molar-refractivity contribution >= 4 is 18.1 Å². The zero-order chi connectivity index (χ0) is 23.2. The lowest BCUT2D eigenvalue weighted by atomic mass is 10.1. The van der Waals surface area contributed by atoms with Crippen LogP contribution in [0.2, 0.25) is 0 Å². The molecule has 0 aliphatic rings. The maximum absolute atomic E-state index is 12.5. The van der Waals surface area contributed by atoms with Crippen molar-refractivity contribution in [1.29, 1.82) is 0 Å². The molecular weight excluding hydrogens is 412 g/mol. The van der Waals surface area contributed by atoms with Crippen LogP contribution in [-0.2, 0) is 4.79 Å². The average molecular weight is 439 g/mol. The Bertz CT molecular complexity index is 1250. The minimum Gasteiger partial charge on any atom is -0.497 e. The van der Waals surface area contributed by atoms with E-state index in [1.807, 2.05) is 91.9 Å². The molecule has 1 amide bonds. The van der Waals surface area contributed by atoms with E-state index in [1.165, 1.54) is 0 Å². The van der Waals surface area contributed by atoms with Crippen molar-refractivity contribution in [3.8, 4) is 28.3 Å². The highest BCUT2D eigenvalue weighted by molar-refractivity contribution is 5.92. The highest BCUT2D eigenvalue weighted by Crippen LogP contribution is 2.36. The van der Waals surface area contributed by atoms with Crippen molar-refractivity contribution in [3.63, 3.8) is 0 Å². The van der Waals surface area contributed by atoms with Gasteiger partial charge in [0.25, 0.3) is 0 Å². The molecule has 0 aliphatic carbocycles. The smallest absolute Gasteiger partial charge is 0.234 e. The van der Waals surface area contributed by atoms with Gasteiger partial charge in [0, 0.05) is 24.6 Å². The number of rotatable bonds is 7. The lowest BCUT2D eigenvalue weighted by Gasteiger charge is -2.18. The fourth-order valence-corrected chi connectivity index (χ4v) is 3.66. The summed E-state index contributed by atoms with van der Waals surface area (Å²) in [6, 6.07) is 27.6. The molecule has 1 aromatic heterocycles. The first-order chi connectivity index (χ1) is 16.1. The Kier molecular flexibility index (Phi) is 6.64. The molecule has 0 radical (unpaired) electrons. The first-order valence-corrected chi connectivity index (χ1v) is 10.8. The Labute approximate surface area is 193 Å². The van der Waals surface area contributed by atoms with Gasteiger partial charge in [0.1, 0.15) is 17.1 Å². The number of carbonyl (C=O) groups is 1. The van der Waals surface area contributed by atoms with Crippen LogP contribution in [0.25, 0.3) is 22.5 Å². The molecule has 166 valence electrons. The van der Waals surface area contributed by atoms with Crippen LogP contribution < -0.4 is 9.64 Å². The summed E-state index contributed by atoms with van der Waals surface area (Å²) in [4.78, 5) is 19.0. The Morgan fingerprint density at radius 1 is 0.970 bits per heavy atom. The third kappa shape index (κ3) is 4.70. The molecule has 0 unspecified atom stereocenters. The molecule has 6 nitrogen and oxygen atoms in total. The van der Waals surface area contributed by atoms with Crippen molar-refractivity contribution in [2.75, 3.05) is 18.6 Å². The Morgan fingerprint density at radius 3 is 2.12 bits per heavy atom. The standard InChI is InChI=1S/C27H26N4O2/c1-4-30(20(2)32)27-29-25(22-11-7-5-8-12-22)26(23-13-9-6-10-14-23)31(27)28-19-21-15-17-24(33-3)18-16-21/h5-19H,4H2,1-3H3/b28-19+. The van der Waals surface area contributed by atoms with Crippen molar-refractivity contribution in [3.05, 3.63) is 90.5 Å². The van der Waals surface area contributed by atoms with Gasteiger partial charge in [0.15, 0.2) is 0 Å². The topological polar surface area (TPSA) is 59.7 Å². The van der Waals surface area contributed by atoms with E-state index in [9.17, 15) is 4.79 Å². The van der Waals surface area contributed by atoms with Gasteiger partial charge in [-0.2, -0.15) is 9.78 Å². The highest BCUT2D eigenvalue weighted by atomic mass is 16.5. The summed E-state index contributed by atoms with van der Waals surface area (Å²) < 4.78 is 7.01. The van der Waals surface area contributed by atoms with E-state index >= 15 is 0 Å². The fourth-order valence-electron chi connectivity index (χ4n) is 3.66. The number of amides is 1. The Morgan fingerprint density at radius 2 is 1.58 bits per heavy atom. The van der Waals surface area contributed by atoms with E-state index < -0.39 is 0 Å². The number of hydrogen-bond donors (Lipinski definition) is 0. The number of methoxy groups -OCH3 is 1. The van der Waals surface area contributed by atoms with Crippen LogP contribution in [0.4, 0.5) is 5.95 Å². The molecule has 3 aromatic carbocycles. The minimum absolute atomic E-state index is 0.0948. The SMILES string of the molecule is CCN(C(C)=O)c1nc(-c2ccccc2)c(-c2ccccc2)n1/N=C/c1ccc(OC)cc1. The second-order valence-corrected chi connectivity index (χ2v) is 7.43. The number of aromatic nitrogens is 2. The fraction of sp³-hybridized carbons (Fsp3) is 0.148. The van der Waals surface area contributed by atoms with Crippen molar-refractivity contribution < 1.29 is 9.53 Å². The van der Waals surface area contributed by atoms with Gasteiger partial charge in [-0.25, -0.2) is 4.98 Å². The summed E-state index contributed by atoms with van der Waals surface area (Å²) in [6.45, 7) is 3.95. The molecule has 0 bridgehead atoms. The van der Waals surface area contributed by atoms with Crippen molar-refractivity contribution in [1.82, 2.24) is 9.66 Å². The third-order valence-electron chi connectivity index (χ3n) is 5.31. The zero-order valence-electron chi connectivity index (χ0n) is 19.0. The minimum atomic E-state index is -0.0948. The van der Waals surface area contributed by atoms with Crippen LogP contribution in [0.15, 0.2) is 90.0 Å². The van der Waals surface area contributed by atoms with Crippen LogP contribution in [-0.4, -0.2) is 35.4 Å². The van der Waals surface area contributed by atoms with E-state index in [-0.39, 0.29) is 5.91 Å². The summed E-state index contributed by atoms with van der Waals surface area (Å²) in [5.74, 6) is 1.16. The molecule has 0 spiro atoms. The number of carbonyl (C=O) groups excluding carboxylic acids is 1. The van der Waals surface area contributed by atoms with Gasteiger partial charge < -0.3 is 4.74 Å². The highest BCUT2D eigenvalue weighted by Gasteiger charge is 2.24. The maximum atomic E-state index is 12.5. The second kappa shape index (κ2) is 9.96. The van der Waals surface area contributed by atoms with Crippen LogP contribution in [0.1, 0.15) is 19.4 Å². The molecule has 1 heterocycles. The number of ether oxygens (including phenoxy) is 1. The first-order valence-electron chi connectivity index (χ1n) is 10.8. The molecule has 0 N–H and O–H groups in total. The number of imidazole rings is 1. The summed E-state index contributed by atoms with van der Waals surface area (Å²) in [6.07, 6.45) is 1.76. The quantitative estimate of drug-likeness (QED) is 0.359. The largest absolute Gasteiger partial charge is 0.497 e. The Balaban J connectivity index is 1.95. The molecular formula is C27H26N4O2. The first kappa shape index (κ1) is 22.0. The van der Waals surface area contributed by atoms with Gasteiger partial charge in [-0.05, 0) is 36.8 Å². The molecule has 6 heteroatoms. The van der Waals surface area contributed by atoms with Crippen LogP contribution in [0, 0.1) is 0 Å². The van der Waals surface area contributed by atoms with Crippen molar-refractivity contribution in [2.24, 2.45) is 5.10 Å². The normalized spacial score (nSPS) is 11.0. The number of anilines is 1. The molecule has 0 aliphatic heterocycles. The van der Waals surface area contributed by atoms with Gasteiger partial charge in [0.2, 0.25) is 11.9 Å². The molecule has 0 fully saturated rings. The van der Waals surface area contributed by atoms with Crippen LogP contribution in [0.3, 0.4) is 0 Å². The number of benzene rings is 3. The van der Waals surface area contributed by atoms with Gasteiger partial charge in [-0.1, -0.05) is 60.7 Å². The molecule has 0 saturated heterocycles. The summed E-state index contributed by atoms with van der Waals surface area (Å²) in [5.41, 5.74) is 4.41. The number of nitrogens with zero attached hydrogens (tertiary/aromatic N) is 4. The predicted molar refractivity (Wildman–Crippen MR) is 133 cm³/mol. The molecule has 0 saturated carbocycles. The average Bonchev–Trinajstić information content (AvgIpc) is 3.23. The van der Waals surface area contributed by atoms with E-state index in [2.05, 4.69) is 0 Å². The zero-order valence-corrected chi connectivity index (χ0v) is 19.0. The van der Waals surface area contributed by atoms with Gasteiger partial charge in [-0.15, -0.1) is 0 Å². The van der Waals surface area contributed by atoms with E-state index in [1.54, 1.807) is 29.8 Å². The van der Waals surface area contributed by atoms with Gasteiger partial charge in [-0.3, -0.25) is 9.69 Å². The molecule has 4 rings (SSSR count). The summed E-state index contributed by atoms with van der Waals surface area (Å²) in [5, 5.41) is 4.80. The van der Waals surface area contributed by atoms with Crippen LogP contribution in [0.5, 0.6) is 5.75 Å². The third-order valence-corrected chi connectivity index (χ3v) is 5.31. The lowest BCUT2D eigenvalue weighted by Crippen LogP contribution is -2.30. The van der Waals surface area contributed by atoms with Crippen molar-refractivity contribution in [2.45, 2.75) is 13.8 Å². The van der Waals surface area contributed by atoms with E-state index in [4.69, 9.17) is 14.8 Å². The molecule has 4 aromatic rings. The monoisotopic (exact) mass is 438 g/mol.